The van der Waals surface area contributed by atoms with Gasteiger partial charge in [0.2, 0.25) is 0 Å². The van der Waals surface area contributed by atoms with Crippen LogP contribution in [0.25, 0.3) is 16.9 Å². The maximum Gasteiger partial charge on any atom is 0.133 e. The van der Waals surface area contributed by atoms with E-state index in [1.165, 1.54) is 4.57 Å². The van der Waals surface area contributed by atoms with Crippen molar-refractivity contribution in [3.63, 3.8) is 0 Å². The molecule has 0 fully saturated rings. The minimum atomic E-state index is 0.278. The molecule has 0 bridgehead atoms. The number of benzene rings is 1. The second-order valence-corrected chi connectivity index (χ2v) is 5.58. The van der Waals surface area contributed by atoms with E-state index < -0.39 is 0 Å². The first-order valence-electron chi connectivity index (χ1n) is 7.69. The van der Waals surface area contributed by atoms with Crippen LogP contribution in [-0.2, 0) is 0 Å². The quantitative estimate of drug-likeness (QED) is 0.512. The number of pyridine rings is 1. The fourth-order valence-electron chi connectivity index (χ4n) is 2.74. The minimum absolute atomic E-state index is 0.278. The molecule has 0 aliphatic rings. The Morgan fingerprint density at radius 3 is 2.46 bits per heavy atom. The summed E-state index contributed by atoms with van der Waals surface area (Å²) < 4.78 is 3.41. The number of hydrogen-bond acceptors (Lipinski definition) is 4. The smallest absolute Gasteiger partial charge is 0.133 e. The van der Waals surface area contributed by atoms with Crippen LogP contribution in [0.5, 0.6) is 0 Å². The monoisotopic (exact) mass is 320 g/mol. The summed E-state index contributed by atoms with van der Waals surface area (Å²) >= 11 is 0. The largest absolute Gasteiger partial charge is 0.373 e. The van der Waals surface area contributed by atoms with Crippen LogP contribution in [0.3, 0.4) is 0 Å². The van der Waals surface area contributed by atoms with Crippen LogP contribution in [0.4, 0.5) is 5.82 Å². The van der Waals surface area contributed by atoms with E-state index in [9.17, 15) is 0 Å². The van der Waals surface area contributed by atoms with E-state index in [0.717, 1.165) is 28.3 Å². The van der Waals surface area contributed by atoms with Crippen molar-refractivity contribution in [2.75, 3.05) is 12.4 Å². The molecule has 2 aromatic heterocycles. The zero-order valence-corrected chi connectivity index (χ0v) is 14.0. The van der Waals surface area contributed by atoms with Crippen LogP contribution in [0.15, 0.2) is 48.7 Å². The molecular formula is C18H20N6. The predicted octanol–water partition coefficient (Wildman–Crippen LogP) is 3.02. The van der Waals surface area contributed by atoms with Crippen LogP contribution in [-0.4, -0.2) is 27.2 Å². The van der Waals surface area contributed by atoms with Crippen molar-refractivity contribution >= 4 is 11.7 Å². The maximum atomic E-state index is 7.92. The predicted molar refractivity (Wildman–Crippen MR) is 95.9 cm³/mol. The highest BCUT2D eigenvalue weighted by Gasteiger charge is 2.16. The average Bonchev–Trinajstić information content (AvgIpc) is 2.92. The first-order chi connectivity index (χ1) is 11.5. The van der Waals surface area contributed by atoms with Gasteiger partial charge in [0.05, 0.1) is 11.4 Å². The van der Waals surface area contributed by atoms with E-state index in [0.29, 0.717) is 5.84 Å². The third-order valence-electron chi connectivity index (χ3n) is 3.94. The van der Waals surface area contributed by atoms with Gasteiger partial charge in [0.1, 0.15) is 17.1 Å². The summed E-state index contributed by atoms with van der Waals surface area (Å²) in [5.74, 6) is 1.22. The van der Waals surface area contributed by atoms with Crippen molar-refractivity contribution in [3.8, 4) is 16.9 Å². The van der Waals surface area contributed by atoms with Crippen molar-refractivity contribution in [1.29, 1.82) is 10.8 Å². The lowest BCUT2D eigenvalue weighted by atomic mass is 10.1. The Kier molecular flexibility index (Phi) is 4.04. The Morgan fingerprint density at radius 1 is 1.12 bits per heavy atom. The molecule has 24 heavy (non-hydrogen) atoms. The fraction of sp³-hybridized carbons (Fsp3) is 0.167. The second kappa shape index (κ2) is 6.16. The lowest BCUT2D eigenvalue weighted by Crippen LogP contribution is -2.23. The second-order valence-electron chi connectivity index (χ2n) is 5.58. The Labute approximate surface area is 140 Å². The Morgan fingerprint density at radius 2 is 1.83 bits per heavy atom. The molecule has 6 heteroatoms. The van der Waals surface area contributed by atoms with Gasteiger partial charge in [-0.2, -0.15) is 5.10 Å². The van der Waals surface area contributed by atoms with Crippen molar-refractivity contribution in [2.24, 2.45) is 0 Å². The summed E-state index contributed by atoms with van der Waals surface area (Å²) in [5.41, 5.74) is 3.98. The normalized spacial score (nSPS) is 10.6. The molecule has 0 unspecified atom stereocenters. The lowest BCUT2D eigenvalue weighted by molar-refractivity contribution is 0.886. The van der Waals surface area contributed by atoms with E-state index in [1.807, 2.05) is 55.1 Å². The summed E-state index contributed by atoms with van der Waals surface area (Å²) in [7, 11) is 1.88. The molecule has 0 amide bonds. The van der Waals surface area contributed by atoms with E-state index in [4.69, 9.17) is 15.9 Å². The molecule has 3 rings (SSSR count). The zero-order valence-electron chi connectivity index (χ0n) is 14.0. The maximum absolute atomic E-state index is 7.92. The fourth-order valence-corrected chi connectivity index (χ4v) is 2.74. The zero-order chi connectivity index (χ0) is 17.3. The first kappa shape index (κ1) is 15.7. The summed E-state index contributed by atoms with van der Waals surface area (Å²) in [6, 6.07) is 13.5. The molecular weight excluding hydrogens is 300 g/mol. The van der Waals surface area contributed by atoms with Crippen LogP contribution >= 0.6 is 0 Å². The Hall–Kier alpha value is -3.15. The highest BCUT2D eigenvalue weighted by atomic mass is 15.3. The number of aromatic nitrogens is 3. The van der Waals surface area contributed by atoms with Gasteiger partial charge in [-0.05, 0) is 38.1 Å². The van der Waals surface area contributed by atoms with Crippen LogP contribution < -0.4 is 10.8 Å². The van der Waals surface area contributed by atoms with E-state index in [1.54, 1.807) is 19.2 Å². The molecule has 0 radical (unpaired) electrons. The van der Waals surface area contributed by atoms with Gasteiger partial charge in [0, 0.05) is 24.4 Å². The molecule has 1 aromatic carbocycles. The van der Waals surface area contributed by atoms with Gasteiger partial charge < -0.3 is 5.32 Å². The van der Waals surface area contributed by atoms with Crippen molar-refractivity contribution < 1.29 is 0 Å². The van der Waals surface area contributed by atoms with Crippen molar-refractivity contribution in [1.82, 2.24) is 14.3 Å². The third-order valence-corrected chi connectivity index (χ3v) is 3.94. The Balaban J connectivity index is 2.20. The number of nitrogens with zero attached hydrogens (tertiary/aromatic N) is 3. The summed E-state index contributed by atoms with van der Waals surface area (Å²) in [6.07, 6.45) is 1.79. The molecule has 6 nitrogen and oxygen atoms in total. The minimum Gasteiger partial charge on any atom is -0.373 e. The van der Waals surface area contributed by atoms with Crippen LogP contribution in [0, 0.1) is 17.7 Å². The molecule has 2 heterocycles. The first-order valence-corrected chi connectivity index (χ1v) is 7.69. The average molecular weight is 320 g/mol. The van der Waals surface area contributed by atoms with Gasteiger partial charge in [-0.25, -0.2) is 4.68 Å². The topological polar surface area (TPSA) is 82.5 Å². The molecule has 122 valence electrons. The number of para-hydroxylation sites is 1. The van der Waals surface area contributed by atoms with Gasteiger partial charge in [0.15, 0.2) is 0 Å². The van der Waals surface area contributed by atoms with Gasteiger partial charge in [-0.1, -0.05) is 18.2 Å². The molecule has 0 saturated carbocycles. The molecule has 0 aliphatic carbocycles. The van der Waals surface area contributed by atoms with E-state index in [-0.39, 0.29) is 5.49 Å². The molecule has 3 N–H and O–H groups in total. The summed E-state index contributed by atoms with van der Waals surface area (Å²) in [4.78, 5) is 0. The van der Waals surface area contributed by atoms with Crippen molar-refractivity contribution in [2.45, 2.75) is 13.8 Å². The third kappa shape index (κ3) is 2.62. The molecule has 0 saturated heterocycles. The number of hydrogen-bond donors (Lipinski definition) is 3. The molecule has 3 aromatic rings. The number of anilines is 1. The van der Waals surface area contributed by atoms with Gasteiger partial charge in [-0.3, -0.25) is 15.4 Å². The highest BCUT2D eigenvalue weighted by molar-refractivity contribution is 5.80. The number of rotatable bonds is 3. The van der Waals surface area contributed by atoms with Crippen LogP contribution in [0.2, 0.25) is 0 Å². The Bertz CT molecular complexity index is 949. The number of nitrogens with one attached hydrogen (secondary N) is 3. The van der Waals surface area contributed by atoms with Crippen LogP contribution in [0.1, 0.15) is 12.5 Å². The molecule has 0 spiro atoms. The molecule has 0 aliphatic heterocycles. The standard InChI is InChI=1S/C18H20N6/c1-12-17(14-9-10-16(20)23(11-14)13(2)19)22-24(18(12)21-3)15-7-5-4-6-8-15/h4-11,19-21H,1-3H3. The van der Waals surface area contributed by atoms with Crippen molar-refractivity contribution in [3.05, 3.63) is 59.7 Å². The summed E-state index contributed by atoms with van der Waals surface area (Å²) in [5, 5.41) is 23.7. The lowest BCUT2D eigenvalue weighted by Gasteiger charge is -2.07. The highest BCUT2D eigenvalue weighted by Crippen LogP contribution is 2.29. The van der Waals surface area contributed by atoms with Gasteiger partial charge in [0.25, 0.3) is 0 Å². The molecule has 0 atom stereocenters. The van der Waals surface area contributed by atoms with E-state index >= 15 is 0 Å². The van der Waals surface area contributed by atoms with Gasteiger partial charge >= 0.3 is 0 Å². The van der Waals surface area contributed by atoms with Gasteiger partial charge in [-0.15, -0.1) is 0 Å². The summed E-state index contributed by atoms with van der Waals surface area (Å²) in [6.45, 7) is 3.68. The SMILES string of the molecule is CNc1c(C)c(-c2ccc(=N)n(C(C)=N)c2)nn1-c1ccccc1. The van der Waals surface area contributed by atoms with E-state index in [2.05, 4.69) is 5.32 Å².